The number of carbonyl (C=O) groups excluding carboxylic acids is 1. The van der Waals surface area contributed by atoms with Crippen LogP contribution < -0.4 is 10.6 Å². The fourth-order valence-corrected chi connectivity index (χ4v) is 3.50. The van der Waals surface area contributed by atoms with Gasteiger partial charge in [-0.2, -0.15) is 13.2 Å². The average molecular weight is 501 g/mol. The van der Waals surface area contributed by atoms with Crippen LogP contribution in [0.15, 0.2) is 35.3 Å². The number of aliphatic imine (C=N–C) groups is 1. The predicted octanol–water partition coefficient (Wildman–Crippen LogP) is 4.34. The van der Waals surface area contributed by atoms with Gasteiger partial charge in [0.25, 0.3) is 5.69 Å². The predicted molar refractivity (Wildman–Crippen MR) is 111 cm³/mol. The first-order valence-electron chi connectivity index (χ1n) is 9.61. The van der Waals surface area contributed by atoms with Gasteiger partial charge in [-0.15, -0.1) is 4.99 Å². The average Bonchev–Trinajstić information content (AvgIpc) is 2.71. The fourth-order valence-electron chi connectivity index (χ4n) is 3.50. The van der Waals surface area contributed by atoms with E-state index in [2.05, 4.69) is 10.3 Å². The number of carbonyl (C=O) groups is 2. The molecule has 10 nitrogen and oxygen atoms in total. The Morgan fingerprint density at radius 2 is 1.89 bits per heavy atom. The lowest BCUT2D eigenvalue weighted by Gasteiger charge is -2.40. The van der Waals surface area contributed by atoms with Crippen molar-refractivity contribution in [3.63, 3.8) is 0 Å². The Bertz CT molecular complexity index is 1270. The number of amides is 2. The molecule has 0 radical (unpaired) electrons. The molecule has 1 saturated heterocycles. The lowest BCUT2D eigenvalue weighted by Crippen LogP contribution is -2.58. The molecular formula is C20H16F5N5O5. The molecule has 15 heteroatoms. The molecule has 2 aromatic carbocycles. The molecule has 35 heavy (non-hydrogen) atoms. The number of benzene rings is 2. The Morgan fingerprint density at radius 1 is 1.26 bits per heavy atom. The van der Waals surface area contributed by atoms with Crippen molar-refractivity contribution in [3.8, 4) is 0 Å². The van der Waals surface area contributed by atoms with Gasteiger partial charge in [0.1, 0.15) is 22.9 Å². The number of hydrogen-bond acceptors (Lipinski definition) is 5. The van der Waals surface area contributed by atoms with Gasteiger partial charge in [0.2, 0.25) is 11.9 Å². The van der Waals surface area contributed by atoms with E-state index in [-0.39, 0.29) is 24.0 Å². The number of nitrogens with one attached hydrogen (secondary N) is 2. The smallest absolute Gasteiger partial charge is 0.434 e. The minimum absolute atomic E-state index is 0.0913. The third-order valence-electron chi connectivity index (χ3n) is 5.26. The molecule has 2 aromatic rings. The van der Waals surface area contributed by atoms with Gasteiger partial charge in [-0.3, -0.25) is 19.8 Å². The van der Waals surface area contributed by atoms with Crippen LogP contribution in [0, 0.1) is 21.7 Å². The van der Waals surface area contributed by atoms with Gasteiger partial charge in [-0.1, -0.05) is 6.07 Å². The summed E-state index contributed by atoms with van der Waals surface area (Å²) in [6.07, 6.45) is -7.26. The number of hydrogen-bond donors (Lipinski definition) is 3. The van der Waals surface area contributed by atoms with Crippen LogP contribution in [-0.2, 0) is 16.5 Å². The van der Waals surface area contributed by atoms with E-state index in [1.54, 1.807) is 0 Å². The fraction of sp³-hybridized carbons (Fsp3) is 0.250. The first-order valence-corrected chi connectivity index (χ1v) is 9.61. The van der Waals surface area contributed by atoms with E-state index in [0.717, 1.165) is 17.0 Å². The van der Waals surface area contributed by atoms with Crippen molar-refractivity contribution >= 4 is 35.0 Å². The van der Waals surface area contributed by atoms with Crippen LogP contribution in [0.2, 0.25) is 0 Å². The van der Waals surface area contributed by atoms with Gasteiger partial charge in [0, 0.05) is 13.1 Å². The van der Waals surface area contributed by atoms with Crippen LogP contribution in [0.3, 0.4) is 0 Å². The molecule has 3 N–H and O–H groups in total. The molecule has 1 fully saturated rings. The van der Waals surface area contributed by atoms with Crippen molar-refractivity contribution in [3.05, 3.63) is 63.2 Å². The molecule has 0 aliphatic carbocycles. The number of guanidine groups is 1. The molecule has 1 aliphatic heterocycles. The summed E-state index contributed by atoms with van der Waals surface area (Å²) >= 11 is 0. The largest absolute Gasteiger partial charge is 0.463 e. The van der Waals surface area contributed by atoms with Crippen molar-refractivity contribution in [2.75, 3.05) is 12.4 Å². The first kappa shape index (κ1) is 25.3. The van der Waals surface area contributed by atoms with Gasteiger partial charge in [0.05, 0.1) is 22.6 Å². The highest BCUT2D eigenvalue weighted by Crippen LogP contribution is 2.43. The second kappa shape index (κ2) is 8.81. The molecule has 0 unspecified atom stereocenters. The Hall–Kier alpha value is -4.30. The summed E-state index contributed by atoms with van der Waals surface area (Å²) in [5, 5.41) is 24.9. The number of nitro benzene ring substituents is 1. The van der Waals surface area contributed by atoms with Crippen LogP contribution in [0.5, 0.6) is 0 Å². The van der Waals surface area contributed by atoms with E-state index in [9.17, 15) is 41.7 Å². The topological polar surface area (TPSA) is 137 Å². The number of nitrogens with zero attached hydrogens (tertiary/aromatic N) is 3. The molecule has 1 aliphatic rings. The summed E-state index contributed by atoms with van der Waals surface area (Å²) in [6, 6.07) is 3.74. The molecule has 0 saturated carbocycles. The molecule has 0 bridgehead atoms. The van der Waals surface area contributed by atoms with E-state index < -0.39 is 62.9 Å². The minimum atomic E-state index is -5.36. The third-order valence-corrected chi connectivity index (χ3v) is 5.26. The van der Waals surface area contributed by atoms with Crippen LogP contribution in [-0.4, -0.2) is 39.9 Å². The molecule has 186 valence electrons. The number of nitro groups is 1. The zero-order valence-corrected chi connectivity index (χ0v) is 17.9. The second-order valence-corrected chi connectivity index (χ2v) is 7.70. The van der Waals surface area contributed by atoms with Crippen LogP contribution in [0.4, 0.5) is 43.8 Å². The monoisotopic (exact) mass is 501 g/mol. The number of anilines is 2. The van der Waals surface area contributed by atoms with E-state index in [1.807, 2.05) is 5.32 Å². The van der Waals surface area contributed by atoms with Crippen molar-refractivity contribution < 1.29 is 41.6 Å². The highest BCUT2D eigenvalue weighted by atomic mass is 19.4. The molecule has 1 heterocycles. The lowest BCUT2D eigenvalue weighted by molar-refractivity contribution is -0.384. The van der Waals surface area contributed by atoms with E-state index >= 15 is 0 Å². The molecule has 0 aromatic heterocycles. The lowest BCUT2D eigenvalue weighted by atomic mass is 9.86. The second-order valence-electron chi connectivity index (χ2n) is 7.70. The molecule has 3 rings (SSSR count). The third kappa shape index (κ3) is 4.97. The summed E-state index contributed by atoms with van der Waals surface area (Å²) < 4.78 is 69.2. The summed E-state index contributed by atoms with van der Waals surface area (Å²) in [5.74, 6) is -3.88. The van der Waals surface area contributed by atoms with Crippen molar-refractivity contribution in [1.29, 1.82) is 0 Å². The minimum Gasteiger partial charge on any atom is -0.463 e. The number of alkyl halides is 3. The summed E-state index contributed by atoms with van der Waals surface area (Å²) in [6.45, 7) is 1.43. The zero-order valence-electron chi connectivity index (χ0n) is 17.9. The molecule has 1 atom stereocenters. The Morgan fingerprint density at radius 3 is 2.46 bits per heavy atom. The van der Waals surface area contributed by atoms with Gasteiger partial charge < -0.3 is 15.7 Å². The quantitative estimate of drug-likeness (QED) is 0.322. The first-order chi connectivity index (χ1) is 16.1. The summed E-state index contributed by atoms with van der Waals surface area (Å²) in [4.78, 5) is 37.7. The number of rotatable bonds is 4. The van der Waals surface area contributed by atoms with Gasteiger partial charge in [-0.05, 0) is 30.7 Å². The normalized spacial score (nSPS) is 19.5. The van der Waals surface area contributed by atoms with Crippen LogP contribution in [0.25, 0.3) is 0 Å². The maximum absolute atomic E-state index is 14.6. The van der Waals surface area contributed by atoms with Crippen LogP contribution in [0.1, 0.15) is 24.5 Å². The van der Waals surface area contributed by atoms with Crippen molar-refractivity contribution in [2.24, 2.45) is 4.99 Å². The van der Waals surface area contributed by atoms with Gasteiger partial charge in [-0.25, -0.2) is 13.6 Å². The van der Waals surface area contributed by atoms with E-state index in [4.69, 9.17) is 5.11 Å². The summed E-state index contributed by atoms with van der Waals surface area (Å²) in [5.41, 5.74) is -6.46. The van der Waals surface area contributed by atoms with Gasteiger partial charge >= 0.3 is 12.3 Å². The Balaban J connectivity index is 2.13. The number of halogens is 5. The summed E-state index contributed by atoms with van der Waals surface area (Å²) in [7, 11) is 1.26. The zero-order chi connectivity index (χ0) is 26.3. The molecular weight excluding hydrogens is 485 g/mol. The van der Waals surface area contributed by atoms with Crippen molar-refractivity contribution in [2.45, 2.75) is 25.1 Å². The highest BCUT2D eigenvalue weighted by molar-refractivity contribution is 6.03. The molecule has 0 spiro atoms. The highest BCUT2D eigenvalue weighted by Gasteiger charge is 2.42. The van der Waals surface area contributed by atoms with Crippen molar-refractivity contribution in [1.82, 2.24) is 10.2 Å². The maximum Gasteiger partial charge on any atom is 0.434 e. The molecule has 2 amide bonds. The maximum atomic E-state index is 14.6. The Labute approximate surface area is 193 Å². The standard InChI is InChI=1S/C20H16F5N5O5/c1-19(8-14(31)29(2)17(28-19)27-18(32)33)9-3-4-10(21)12(7-9)26-16-13(30(34)35)6-5-11(22)15(16)20(23,24)25/h3-7,26H,8H2,1-2H3,(H,27,28)(H,32,33)/t19-/m0/s1. The van der Waals surface area contributed by atoms with E-state index in [0.29, 0.717) is 6.07 Å². The SMILES string of the molecule is CN1C(=O)C[C@@](C)(c2ccc(F)c(Nc3c([N+](=O)[O-])ccc(F)c3C(F)(F)F)c2)N/C1=N\C(=O)O. The number of carboxylic acid groups (broad SMARTS) is 1. The van der Waals surface area contributed by atoms with Gasteiger partial charge in [0.15, 0.2) is 0 Å². The van der Waals surface area contributed by atoms with E-state index in [1.165, 1.54) is 20.0 Å². The Kier molecular flexibility index (Phi) is 6.37. The van der Waals surface area contributed by atoms with Crippen LogP contribution >= 0.6 is 0 Å².